The van der Waals surface area contributed by atoms with E-state index < -0.39 is 0 Å². The van der Waals surface area contributed by atoms with Gasteiger partial charge in [0.1, 0.15) is 16.6 Å². The molecule has 0 spiro atoms. The minimum Gasteiger partial charge on any atom is -0.240 e. The first-order valence-electron chi connectivity index (χ1n) is 9.04. The number of halogens is 1. The minimum atomic E-state index is -0.0179. The van der Waals surface area contributed by atoms with Gasteiger partial charge in [-0.25, -0.2) is 9.36 Å². The third-order valence-corrected chi connectivity index (χ3v) is 9.38. The Morgan fingerprint density at radius 1 is 1.23 bits per heavy atom. The van der Waals surface area contributed by atoms with Crippen molar-refractivity contribution in [2.24, 2.45) is 0 Å². The predicted octanol–water partition coefficient (Wildman–Crippen LogP) is 4.43. The van der Waals surface area contributed by atoms with E-state index in [-0.39, 0.29) is 11.1 Å². The fourth-order valence-corrected chi connectivity index (χ4v) is 7.82. The van der Waals surface area contributed by atoms with Crippen LogP contribution in [0.25, 0.3) is 15.9 Å². The van der Waals surface area contributed by atoms with Crippen LogP contribution in [0.4, 0.5) is 0 Å². The summed E-state index contributed by atoms with van der Waals surface area (Å²) in [5, 5.41) is 2.91. The van der Waals surface area contributed by atoms with Gasteiger partial charge in [-0.05, 0) is 62.1 Å². The Kier molecular flexibility index (Phi) is 4.07. The predicted molar refractivity (Wildman–Crippen MR) is 112 cm³/mol. The summed E-state index contributed by atoms with van der Waals surface area (Å²) in [7, 11) is 0. The maximum Gasteiger partial charge on any atom is 0.352 e. The normalized spacial score (nSPS) is 21.8. The van der Waals surface area contributed by atoms with Gasteiger partial charge in [-0.2, -0.15) is 4.57 Å². The number of fused-ring (bicyclic) bond motifs is 5. The first-order valence-corrected chi connectivity index (χ1v) is 12.0. The largest absolute Gasteiger partial charge is 0.352 e. The van der Waals surface area contributed by atoms with Crippen LogP contribution < -0.4 is 10.1 Å². The summed E-state index contributed by atoms with van der Waals surface area (Å²) in [5.74, 6) is 0.978. The van der Waals surface area contributed by atoms with Crippen molar-refractivity contribution < 1.29 is 4.57 Å². The zero-order chi connectivity index (χ0) is 17.9. The molecule has 0 saturated heterocycles. The van der Waals surface area contributed by atoms with Crippen LogP contribution in [0.5, 0.6) is 0 Å². The lowest BCUT2D eigenvalue weighted by atomic mass is 9.97. The van der Waals surface area contributed by atoms with Crippen LogP contribution in [0, 0.1) is 0 Å². The fourth-order valence-electron chi connectivity index (χ4n) is 4.11. The average Bonchev–Trinajstić information content (AvgIpc) is 3.22. The molecule has 0 N–H and O–H groups in total. The highest BCUT2D eigenvalue weighted by atomic mass is 79.9. The molecule has 2 aromatic heterocycles. The van der Waals surface area contributed by atoms with Crippen molar-refractivity contribution in [1.29, 1.82) is 0 Å². The molecule has 1 aromatic carbocycles. The number of hydrogen-bond donors (Lipinski definition) is 0. The summed E-state index contributed by atoms with van der Waals surface area (Å²) in [6, 6.07) is 10.1. The van der Waals surface area contributed by atoms with Crippen molar-refractivity contribution in [3.05, 3.63) is 51.1 Å². The molecule has 1 aliphatic heterocycles. The second-order valence-corrected chi connectivity index (χ2v) is 9.99. The lowest BCUT2D eigenvalue weighted by Crippen LogP contribution is -2.57. The number of hydrogen-bond acceptors (Lipinski definition) is 3. The number of para-hydroxylation sites is 1. The topological polar surface area (TPSA) is 25.9 Å². The molecule has 26 heavy (non-hydrogen) atoms. The summed E-state index contributed by atoms with van der Waals surface area (Å²) in [6.45, 7) is 2.29. The second kappa shape index (κ2) is 6.21. The number of aromatic nitrogens is 2. The average molecular weight is 448 g/mol. The third-order valence-electron chi connectivity index (χ3n) is 5.51. The molecule has 1 aliphatic carbocycles. The molecule has 0 radical (unpaired) electrons. The summed E-state index contributed by atoms with van der Waals surface area (Å²) in [4.78, 5) is 16.3. The number of thiophene rings is 1. The number of rotatable bonds is 2. The second-order valence-electron chi connectivity index (χ2n) is 7.40. The van der Waals surface area contributed by atoms with Gasteiger partial charge in [-0.3, -0.25) is 0 Å². The van der Waals surface area contributed by atoms with Gasteiger partial charge >= 0.3 is 10.7 Å². The van der Waals surface area contributed by atoms with Crippen LogP contribution in [0.1, 0.15) is 30.2 Å². The molecule has 0 fully saturated rings. The number of thioether (sulfide) groups is 1. The maximum atomic E-state index is 13.7. The highest BCUT2D eigenvalue weighted by molar-refractivity contribution is 9.09. The van der Waals surface area contributed by atoms with Crippen LogP contribution in [-0.4, -0.2) is 15.7 Å². The van der Waals surface area contributed by atoms with Crippen LogP contribution >= 0.6 is 39.0 Å². The quantitative estimate of drug-likeness (QED) is 0.329. The van der Waals surface area contributed by atoms with Gasteiger partial charge in [-0.15, -0.1) is 0 Å². The lowest BCUT2D eigenvalue weighted by Gasteiger charge is -2.19. The highest BCUT2D eigenvalue weighted by Gasteiger charge is 2.46. The first-order chi connectivity index (χ1) is 12.6. The van der Waals surface area contributed by atoms with Crippen molar-refractivity contribution in [3.8, 4) is 5.69 Å². The van der Waals surface area contributed by atoms with Gasteiger partial charge in [-0.1, -0.05) is 45.5 Å². The molecule has 0 bridgehead atoms. The van der Waals surface area contributed by atoms with Gasteiger partial charge in [0.15, 0.2) is 4.83 Å². The zero-order valence-electron chi connectivity index (χ0n) is 14.6. The zero-order valence-corrected chi connectivity index (χ0v) is 17.8. The molecule has 1 atom stereocenters. The van der Waals surface area contributed by atoms with Crippen LogP contribution in [0.2, 0.25) is 0 Å². The molecule has 3 aromatic rings. The monoisotopic (exact) mass is 447 g/mol. The van der Waals surface area contributed by atoms with E-state index in [2.05, 4.69) is 27.4 Å². The first kappa shape index (κ1) is 17.0. The Morgan fingerprint density at radius 2 is 2.00 bits per heavy atom. The van der Waals surface area contributed by atoms with E-state index in [4.69, 9.17) is 0 Å². The van der Waals surface area contributed by atoms with Crippen LogP contribution in [0.15, 0.2) is 40.3 Å². The van der Waals surface area contributed by atoms with Crippen molar-refractivity contribution in [1.82, 2.24) is 4.57 Å². The highest BCUT2D eigenvalue weighted by Crippen LogP contribution is 2.39. The van der Waals surface area contributed by atoms with E-state index in [0.29, 0.717) is 0 Å². The van der Waals surface area contributed by atoms with Crippen molar-refractivity contribution >= 4 is 49.2 Å². The standard InChI is InChI=1S/C20H20BrN2OS2/c1-20(11-21)12-25-19-22(13-7-3-2-4-8-13)17(24)16-14-9-5-6-10-15(14)26-18(16)23(19)20/h2-4,7-8H,5-6,9-12H2,1H3/q+1/t20-/m0/s1. The fraction of sp³-hybridized carbons (Fsp3) is 0.400. The molecule has 2 aliphatic rings. The Morgan fingerprint density at radius 3 is 2.77 bits per heavy atom. The molecule has 0 amide bonds. The van der Waals surface area contributed by atoms with Crippen LogP contribution in [0.3, 0.4) is 0 Å². The van der Waals surface area contributed by atoms with E-state index >= 15 is 0 Å². The summed E-state index contributed by atoms with van der Waals surface area (Å²) in [5.41, 5.74) is 2.42. The number of nitrogens with zero attached hydrogens (tertiary/aromatic N) is 2. The van der Waals surface area contributed by atoms with E-state index in [0.717, 1.165) is 40.2 Å². The van der Waals surface area contributed by atoms with E-state index in [1.165, 1.54) is 28.1 Å². The maximum absolute atomic E-state index is 13.7. The Labute approximate surface area is 169 Å². The molecular weight excluding hydrogens is 428 g/mol. The number of alkyl halides is 1. The molecule has 0 saturated carbocycles. The molecule has 5 rings (SSSR count). The molecule has 3 heterocycles. The van der Waals surface area contributed by atoms with Gasteiger partial charge < -0.3 is 0 Å². The number of aryl methyl sites for hydroxylation is 2. The van der Waals surface area contributed by atoms with Crippen molar-refractivity contribution in [2.45, 2.75) is 43.3 Å². The van der Waals surface area contributed by atoms with Gasteiger partial charge in [0.25, 0.3) is 0 Å². The lowest BCUT2D eigenvalue weighted by molar-refractivity contribution is -0.758. The summed E-state index contributed by atoms with van der Waals surface area (Å²) < 4.78 is 4.39. The van der Waals surface area contributed by atoms with E-state index in [1.54, 1.807) is 11.8 Å². The van der Waals surface area contributed by atoms with E-state index in [9.17, 15) is 4.79 Å². The smallest absolute Gasteiger partial charge is 0.240 e. The van der Waals surface area contributed by atoms with Crippen molar-refractivity contribution in [2.75, 3.05) is 11.1 Å². The van der Waals surface area contributed by atoms with Gasteiger partial charge in [0, 0.05) is 16.0 Å². The summed E-state index contributed by atoms with van der Waals surface area (Å²) >= 11 is 7.40. The van der Waals surface area contributed by atoms with Crippen molar-refractivity contribution in [3.63, 3.8) is 0 Å². The molecule has 6 heteroatoms. The van der Waals surface area contributed by atoms with E-state index in [1.807, 2.05) is 46.2 Å². The Bertz CT molecular complexity index is 1070. The van der Waals surface area contributed by atoms with Gasteiger partial charge in [0.2, 0.25) is 0 Å². The van der Waals surface area contributed by atoms with Crippen LogP contribution in [-0.2, 0) is 18.4 Å². The molecular formula is C20H20BrN2OS2+. The Hall–Kier alpha value is -1.11. The summed E-state index contributed by atoms with van der Waals surface area (Å²) in [6.07, 6.45) is 4.59. The Balaban J connectivity index is 1.95. The van der Waals surface area contributed by atoms with Gasteiger partial charge in [0.05, 0.1) is 0 Å². The minimum absolute atomic E-state index is 0.0179. The molecule has 134 valence electrons. The molecule has 0 unspecified atom stereocenters. The molecule has 3 nitrogen and oxygen atoms in total. The number of benzene rings is 1. The SMILES string of the molecule is C[C@]1(CBr)CSc2n(-c3ccccc3)c(=O)c3c4c(sc3[n+]21)CCCC4. The third kappa shape index (κ3) is 2.31.